The molecular weight excluding hydrogens is 272 g/mol. The van der Waals surface area contributed by atoms with Crippen molar-refractivity contribution < 1.29 is 9.90 Å². The summed E-state index contributed by atoms with van der Waals surface area (Å²) < 4.78 is 0. The third-order valence-electron chi connectivity index (χ3n) is 4.41. The van der Waals surface area contributed by atoms with Crippen molar-refractivity contribution in [3.8, 4) is 0 Å². The second-order valence-electron chi connectivity index (χ2n) is 6.27. The van der Waals surface area contributed by atoms with Crippen molar-refractivity contribution in [2.24, 2.45) is 0 Å². The van der Waals surface area contributed by atoms with Gasteiger partial charge in [-0.2, -0.15) is 0 Å². The number of unbranched alkanes of at least 4 members (excludes halogenated alkanes) is 7. The Morgan fingerprint density at radius 2 is 1.45 bits per heavy atom. The summed E-state index contributed by atoms with van der Waals surface area (Å²) >= 11 is 0. The Hall–Kier alpha value is -1.31. The molecule has 1 unspecified atom stereocenters. The smallest absolute Gasteiger partial charge is 0.310 e. The van der Waals surface area contributed by atoms with E-state index >= 15 is 0 Å². The predicted octanol–water partition coefficient (Wildman–Crippen LogP) is 5.95. The van der Waals surface area contributed by atoms with Gasteiger partial charge in [0.2, 0.25) is 0 Å². The van der Waals surface area contributed by atoms with Gasteiger partial charge in [0.25, 0.3) is 0 Å². The molecule has 0 radical (unpaired) electrons. The number of carboxylic acid groups (broad SMARTS) is 1. The molecule has 0 aliphatic rings. The average molecular weight is 304 g/mol. The second-order valence-corrected chi connectivity index (χ2v) is 6.27. The Kier molecular flexibility index (Phi) is 9.61. The monoisotopic (exact) mass is 304 g/mol. The van der Waals surface area contributed by atoms with Crippen LogP contribution in [0, 0.1) is 0 Å². The van der Waals surface area contributed by atoms with Crippen LogP contribution in [-0.4, -0.2) is 11.1 Å². The van der Waals surface area contributed by atoms with Gasteiger partial charge in [-0.05, 0) is 30.4 Å². The summed E-state index contributed by atoms with van der Waals surface area (Å²) in [6.07, 6.45) is 12.5. The highest BCUT2D eigenvalue weighted by molar-refractivity contribution is 5.75. The molecule has 2 nitrogen and oxygen atoms in total. The first kappa shape index (κ1) is 18.7. The minimum atomic E-state index is -0.724. The fourth-order valence-electron chi connectivity index (χ4n) is 2.93. The topological polar surface area (TPSA) is 37.3 Å². The van der Waals surface area contributed by atoms with Crippen LogP contribution in [0.3, 0.4) is 0 Å². The first-order chi connectivity index (χ1) is 10.7. The van der Waals surface area contributed by atoms with E-state index in [1.54, 1.807) is 0 Å². The molecule has 2 heteroatoms. The van der Waals surface area contributed by atoms with E-state index in [4.69, 9.17) is 0 Å². The zero-order valence-electron chi connectivity index (χ0n) is 14.3. The average Bonchev–Trinajstić information content (AvgIpc) is 2.52. The van der Waals surface area contributed by atoms with Crippen molar-refractivity contribution in [1.29, 1.82) is 0 Å². The van der Waals surface area contributed by atoms with Crippen molar-refractivity contribution in [3.63, 3.8) is 0 Å². The standard InChI is InChI=1S/C20H32O2/c1-3-5-6-7-8-9-10-11-12-17-13-15-18(16-14-17)19(4-2)20(21)22/h13-16,19H,3-12H2,1-2H3,(H,21,22). The summed E-state index contributed by atoms with van der Waals surface area (Å²) in [6.45, 7) is 4.18. The van der Waals surface area contributed by atoms with Crippen LogP contribution in [0.4, 0.5) is 0 Å². The van der Waals surface area contributed by atoms with E-state index in [-0.39, 0.29) is 5.92 Å². The quantitative estimate of drug-likeness (QED) is 0.485. The highest BCUT2D eigenvalue weighted by Crippen LogP contribution is 2.21. The lowest BCUT2D eigenvalue weighted by molar-refractivity contribution is -0.138. The van der Waals surface area contributed by atoms with Crippen LogP contribution in [0.25, 0.3) is 0 Å². The minimum absolute atomic E-state index is 0.364. The van der Waals surface area contributed by atoms with E-state index in [9.17, 15) is 9.90 Å². The van der Waals surface area contributed by atoms with Gasteiger partial charge in [0.1, 0.15) is 0 Å². The van der Waals surface area contributed by atoms with E-state index < -0.39 is 5.97 Å². The molecule has 0 aliphatic carbocycles. The molecule has 0 aliphatic heterocycles. The lowest BCUT2D eigenvalue weighted by atomic mass is 9.95. The van der Waals surface area contributed by atoms with E-state index in [2.05, 4.69) is 19.1 Å². The molecule has 0 bridgehead atoms. The van der Waals surface area contributed by atoms with Gasteiger partial charge in [0.05, 0.1) is 5.92 Å². The maximum atomic E-state index is 11.2. The number of aryl methyl sites for hydroxylation is 1. The minimum Gasteiger partial charge on any atom is -0.481 e. The van der Waals surface area contributed by atoms with Gasteiger partial charge in [0, 0.05) is 0 Å². The highest BCUT2D eigenvalue weighted by atomic mass is 16.4. The lowest BCUT2D eigenvalue weighted by Gasteiger charge is -2.10. The lowest BCUT2D eigenvalue weighted by Crippen LogP contribution is -2.10. The fourth-order valence-corrected chi connectivity index (χ4v) is 2.93. The number of carbonyl (C=O) groups is 1. The second kappa shape index (κ2) is 11.3. The van der Waals surface area contributed by atoms with E-state index in [0.717, 1.165) is 12.0 Å². The summed E-state index contributed by atoms with van der Waals surface area (Å²) in [6, 6.07) is 8.18. The normalized spacial score (nSPS) is 12.3. The van der Waals surface area contributed by atoms with E-state index in [0.29, 0.717) is 6.42 Å². The first-order valence-electron chi connectivity index (χ1n) is 9.00. The summed E-state index contributed by atoms with van der Waals surface area (Å²) in [4.78, 5) is 11.2. The molecule has 22 heavy (non-hydrogen) atoms. The molecular formula is C20H32O2. The van der Waals surface area contributed by atoms with Crippen molar-refractivity contribution in [3.05, 3.63) is 35.4 Å². The van der Waals surface area contributed by atoms with Gasteiger partial charge in [-0.3, -0.25) is 4.79 Å². The zero-order chi connectivity index (χ0) is 16.2. The van der Waals surface area contributed by atoms with Crippen LogP contribution < -0.4 is 0 Å². The molecule has 0 aromatic heterocycles. The van der Waals surface area contributed by atoms with Crippen molar-refractivity contribution >= 4 is 5.97 Å². The number of carboxylic acids is 1. The third-order valence-corrected chi connectivity index (χ3v) is 4.41. The van der Waals surface area contributed by atoms with Crippen LogP contribution in [0.5, 0.6) is 0 Å². The summed E-state index contributed by atoms with van der Waals surface area (Å²) in [7, 11) is 0. The number of aliphatic carboxylic acids is 1. The van der Waals surface area contributed by atoms with E-state index in [1.165, 1.54) is 56.9 Å². The summed E-state index contributed by atoms with van der Waals surface area (Å²) in [5.41, 5.74) is 2.25. The molecule has 1 atom stereocenters. The van der Waals surface area contributed by atoms with E-state index in [1.807, 2.05) is 19.1 Å². The Bertz CT molecular complexity index is 408. The van der Waals surface area contributed by atoms with Crippen LogP contribution in [0.1, 0.15) is 88.7 Å². The third kappa shape index (κ3) is 7.11. The van der Waals surface area contributed by atoms with Crippen LogP contribution in [-0.2, 0) is 11.2 Å². The zero-order valence-corrected chi connectivity index (χ0v) is 14.3. The number of hydrogen-bond acceptors (Lipinski definition) is 1. The molecule has 0 saturated heterocycles. The summed E-state index contributed by atoms with van der Waals surface area (Å²) in [5.74, 6) is -1.09. The highest BCUT2D eigenvalue weighted by Gasteiger charge is 2.16. The predicted molar refractivity (Wildman–Crippen MR) is 93.4 cm³/mol. The number of rotatable bonds is 12. The molecule has 0 heterocycles. The maximum Gasteiger partial charge on any atom is 0.310 e. The van der Waals surface area contributed by atoms with Crippen molar-refractivity contribution in [1.82, 2.24) is 0 Å². The Balaban J connectivity index is 2.23. The van der Waals surface area contributed by atoms with Crippen molar-refractivity contribution in [2.75, 3.05) is 0 Å². The van der Waals surface area contributed by atoms with Gasteiger partial charge < -0.3 is 5.11 Å². The molecule has 1 aromatic carbocycles. The molecule has 0 saturated carbocycles. The summed E-state index contributed by atoms with van der Waals surface area (Å²) in [5, 5.41) is 9.17. The van der Waals surface area contributed by atoms with Crippen LogP contribution in [0.2, 0.25) is 0 Å². The molecule has 1 rings (SSSR count). The molecule has 1 aromatic rings. The number of benzene rings is 1. The molecule has 0 amide bonds. The fraction of sp³-hybridized carbons (Fsp3) is 0.650. The SMILES string of the molecule is CCCCCCCCCCc1ccc(C(CC)C(=O)O)cc1. The van der Waals surface area contributed by atoms with Crippen LogP contribution >= 0.6 is 0 Å². The molecule has 1 N–H and O–H groups in total. The Labute approximate surface area is 135 Å². The molecule has 124 valence electrons. The Morgan fingerprint density at radius 1 is 0.909 bits per heavy atom. The largest absolute Gasteiger partial charge is 0.481 e. The number of hydrogen-bond donors (Lipinski definition) is 1. The van der Waals surface area contributed by atoms with Gasteiger partial charge >= 0.3 is 5.97 Å². The van der Waals surface area contributed by atoms with Gasteiger partial charge in [-0.1, -0.05) is 83.1 Å². The van der Waals surface area contributed by atoms with Gasteiger partial charge in [-0.15, -0.1) is 0 Å². The maximum absolute atomic E-state index is 11.2. The van der Waals surface area contributed by atoms with Gasteiger partial charge in [0.15, 0.2) is 0 Å². The first-order valence-corrected chi connectivity index (χ1v) is 9.00. The molecule has 0 fully saturated rings. The van der Waals surface area contributed by atoms with Crippen LogP contribution in [0.15, 0.2) is 24.3 Å². The molecule has 0 spiro atoms. The van der Waals surface area contributed by atoms with Gasteiger partial charge in [-0.25, -0.2) is 0 Å². The Morgan fingerprint density at radius 3 is 1.95 bits per heavy atom. The van der Waals surface area contributed by atoms with Crippen molar-refractivity contribution in [2.45, 2.75) is 84.0 Å².